The van der Waals surface area contributed by atoms with Crippen LogP contribution in [0.3, 0.4) is 0 Å². The highest BCUT2D eigenvalue weighted by Crippen LogP contribution is 2.23. The van der Waals surface area contributed by atoms with Crippen molar-refractivity contribution in [2.45, 2.75) is 19.4 Å². The number of carbonyl (C=O) groups is 1. The molecule has 1 fully saturated rings. The lowest BCUT2D eigenvalue weighted by molar-refractivity contribution is 0.102. The van der Waals surface area contributed by atoms with Crippen molar-refractivity contribution in [3.8, 4) is 0 Å². The minimum atomic E-state index is -0.198. The maximum atomic E-state index is 12.2. The van der Waals surface area contributed by atoms with Gasteiger partial charge in [-0.15, -0.1) is 0 Å². The summed E-state index contributed by atoms with van der Waals surface area (Å²) >= 11 is 11.8. The number of anilines is 1. The molecule has 5 heteroatoms. The van der Waals surface area contributed by atoms with Gasteiger partial charge in [0.1, 0.15) is 0 Å². The van der Waals surface area contributed by atoms with Crippen molar-refractivity contribution in [2.75, 3.05) is 18.4 Å². The number of hydrogen-bond donors (Lipinski definition) is 1. The van der Waals surface area contributed by atoms with Crippen molar-refractivity contribution in [2.24, 2.45) is 0 Å². The van der Waals surface area contributed by atoms with Gasteiger partial charge in [0, 0.05) is 17.8 Å². The Morgan fingerprint density at radius 1 is 1.00 bits per heavy atom. The molecule has 3 nitrogen and oxygen atoms in total. The summed E-state index contributed by atoms with van der Waals surface area (Å²) in [6, 6.07) is 12.8. The smallest absolute Gasteiger partial charge is 0.255 e. The first-order valence-corrected chi connectivity index (χ1v) is 8.45. The van der Waals surface area contributed by atoms with Crippen molar-refractivity contribution in [1.82, 2.24) is 4.90 Å². The Balaban J connectivity index is 1.62. The monoisotopic (exact) mass is 348 g/mol. The molecule has 1 aliphatic rings. The molecule has 1 amide bonds. The Hall–Kier alpha value is -1.55. The molecule has 0 atom stereocenters. The summed E-state index contributed by atoms with van der Waals surface area (Å²) < 4.78 is 0. The first kappa shape index (κ1) is 16.3. The molecule has 0 spiro atoms. The molecule has 0 radical (unpaired) electrons. The Morgan fingerprint density at radius 2 is 1.70 bits per heavy atom. The molecule has 120 valence electrons. The Morgan fingerprint density at radius 3 is 2.35 bits per heavy atom. The maximum Gasteiger partial charge on any atom is 0.255 e. The number of hydrogen-bond acceptors (Lipinski definition) is 2. The summed E-state index contributed by atoms with van der Waals surface area (Å²) in [6.45, 7) is 3.33. The molecule has 2 aromatic rings. The van der Waals surface area contributed by atoms with Gasteiger partial charge >= 0.3 is 0 Å². The fourth-order valence-corrected chi connectivity index (χ4v) is 3.03. The highest BCUT2D eigenvalue weighted by molar-refractivity contribution is 6.42. The Kier molecular flexibility index (Phi) is 5.21. The number of amides is 1. The fraction of sp³-hybridized carbons (Fsp3) is 0.278. The minimum Gasteiger partial charge on any atom is -0.322 e. The quantitative estimate of drug-likeness (QED) is 0.857. The van der Waals surface area contributed by atoms with Gasteiger partial charge in [-0.05, 0) is 61.8 Å². The average molecular weight is 349 g/mol. The standard InChI is InChI=1S/C18H18Cl2N2O/c19-16-8-5-14(11-17(16)20)18(23)21-15-6-3-13(4-7-15)12-22-9-1-2-10-22/h3-8,11H,1-2,9-10,12H2,(H,21,23). The molecule has 0 aromatic heterocycles. The van der Waals surface area contributed by atoms with Crippen LogP contribution in [0, 0.1) is 0 Å². The van der Waals surface area contributed by atoms with E-state index in [-0.39, 0.29) is 5.91 Å². The van der Waals surface area contributed by atoms with Crippen LogP contribution in [0.1, 0.15) is 28.8 Å². The molecule has 1 N–H and O–H groups in total. The maximum absolute atomic E-state index is 12.2. The van der Waals surface area contributed by atoms with Gasteiger partial charge in [-0.2, -0.15) is 0 Å². The van der Waals surface area contributed by atoms with Crippen molar-refractivity contribution < 1.29 is 4.79 Å². The van der Waals surface area contributed by atoms with Gasteiger partial charge in [-0.1, -0.05) is 35.3 Å². The van der Waals surface area contributed by atoms with E-state index in [4.69, 9.17) is 23.2 Å². The highest BCUT2D eigenvalue weighted by Gasteiger charge is 2.12. The highest BCUT2D eigenvalue weighted by atomic mass is 35.5. The van der Waals surface area contributed by atoms with E-state index in [0.29, 0.717) is 15.6 Å². The summed E-state index contributed by atoms with van der Waals surface area (Å²) in [5, 5.41) is 3.69. The molecule has 1 aliphatic heterocycles. The van der Waals surface area contributed by atoms with Crippen LogP contribution < -0.4 is 5.32 Å². The van der Waals surface area contributed by atoms with E-state index in [0.717, 1.165) is 12.2 Å². The second kappa shape index (κ2) is 7.35. The van der Waals surface area contributed by atoms with E-state index in [1.165, 1.54) is 31.5 Å². The van der Waals surface area contributed by atoms with Gasteiger partial charge in [0.2, 0.25) is 0 Å². The zero-order chi connectivity index (χ0) is 16.2. The number of halogens is 2. The van der Waals surface area contributed by atoms with Crippen molar-refractivity contribution in [3.05, 3.63) is 63.6 Å². The van der Waals surface area contributed by atoms with Gasteiger partial charge < -0.3 is 5.32 Å². The Bertz CT molecular complexity index is 695. The normalized spacial score (nSPS) is 14.9. The predicted molar refractivity (Wildman–Crippen MR) is 95.4 cm³/mol. The molecule has 0 bridgehead atoms. The van der Waals surface area contributed by atoms with E-state index in [1.54, 1.807) is 18.2 Å². The minimum absolute atomic E-state index is 0.198. The molecule has 0 saturated carbocycles. The van der Waals surface area contributed by atoms with Crippen molar-refractivity contribution in [1.29, 1.82) is 0 Å². The molecular formula is C18H18Cl2N2O. The van der Waals surface area contributed by atoms with Crippen LogP contribution in [-0.2, 0) is 6.54 Å². The lowest BCUT2D eigenvalue weighted by atomic mass is 10.1. The average Bonchev–Trinajstić information content (AvgIpc) is 3.05. The van der Waals surface area contributed by atoms with Gasteiger partial charge in [-0.3, -0.25) is 9.69 Å². The topological polar surface area (TPSA) is 32.3 Å². The second-order valence-electron chi connectivity index (χ2n) is 5.76. The number of benzene rings is 2. The van der Waals surface area contributed by atoms with Gasteiger partial charge in [0.25, 0.3) is 5.91 Å². The van der Waals surface area contributed by atoms with Gasteiger partial charge in [0.05, 0.1) is 10.0 Å². The summed E-state index contributed by atoms with van der Waals surface area (Å²) in [7, 11) is 0. The molecule has 2 aromatic carbocycles. The number of nitrogens with one attached hydrogen (secondary N) is 1. The fourth-order valence-electron chi connectivity index (χ4n) is 2.73. The summed E-state index contributed by atoms with van der Waals surface area (Å²) in [6.07, 6.45) is 2.58. The van der Waals surface area contributed by atoms with E-state index < -0.39 is 0 Å². The van der Waals surface area contributed by atoms with Crippen molar-refractivity contribution in [3.63, 3.8) is 0 Å². The first-order valence-electron chi connectivity index (χ1n) is 7.69. The summed E-state index contributed by atoms with van der Waals surface area (Å²) in [5.41, 5.74) is 2.52. The van der Waals surface area contributed by atoms with Crippen LogP contribution in [0.25, 0.3) is 0 Å². The summed E-state index contributed by atoms with van der Waals surface area (Å²) in [5.74, 6) is -0.198. The van der Waals surface area contributed by atoms with Gasteiger partial charge in [0.15, 0.2) is 0 Å². The third kappa shape index (κ3) is 4.25. The van der Waals surface area contributed by atoms with E-state index in [9.17, 15) is 4.79 Å². The zero-order valence-electron chi connectivity index (χ0n) is 12.7. The van der Waals surface area contributed by atoms with Crippen LogP contribution in [0.2, 0.25) is 10.0 Å². The first-order chi connectivity index (χ1) is 11.1. The van der Waals surface area contributed by atoms with E-state index >= 15 is 0 Å². The molecule has 1 heterocycles. The zero-order valence-corrected chi connectivity index (χ0v) is 14.2. The number of likely N-dealkylation sites (tertiary alicyclic amines) is 1. The number of carbonyl (C=O) groups excluding carboxylic acids is 1. The number of rotatable bonds is 4. The lowest BCUT2D eigenvalue weighted by Gasteiger charge is -2.14. The predicted octanol–water partition coefficient (Wildman–Crippen LogP) is 4.84. The van der Waals surface area contributed by atoms with Crippen LogP contribution in [0.4, 0.5) is 5.69 Å². The van der Waals surface area contributed by atoms with Gasteiger partial charge in [-0.25, -0.2) is 0 Å². The van der Waals surface area contributed by atoms with Crippen LogP contribution in [-0.4, -0.2) is 23.9 Å². The molecular weight excluding hydrogens is 331 g/mol. The number of nitrogens with zero attached hydrogens (tertiary/aromatic N) is 1. The largest absolute Gasteiger partial charge is 0.322 e. The molecule has 3 rings (SSSR count). The lowest BCUT2D eigenvalue weighted by Crippen LogP contribution is -2.18. The molecule has 0 unspecified atom stereocenters. The summed E-state index contributed by atoms with van der Waals surface area (Å²) in [4.78, 5) is 14.7. The Labute approximate surface area is 146 Å². The molecule has 1 saturated heterocycles. The third-order valence-electron chi connectivity index (χ3n) is 4.00. The molecule has 23 heavy (non-hydrogen) atoms. The molecule has 0 aliphatic carbocycles. The van der Waals surface area contributed by atoms with Crippen LogP contribution in [0.5, 0.6) is 0 Å². The van der Waals surface area contributed by atoms with E-state index in [2.05, 4.69) is 22.3 Å². The van der Waals surface area contributed by atoms with Crippen LogP contribution in [0.15, 0.2) is 42.5 Å². The van der Waals surface area contributed by atoms with E-state index in [1.807, 2.05) is 12.1 Å². The third-order valence-corrected chi connectivity index (χ3v) is 4.74. The van der Waals surface area contributed by atoms with Crippen molar-refractivity contribution >= 4 is 34.8 Å². The van der Waals surface area contributed by atoms with Crippen LogP contribution >= 0.6 is 23.2 Å². The second-order valence-corrected chi connectivity index (χ2v) is 6.58. The SMILES string of the molecule is O=C(Nc1ccc(CN2CCCC2)cc1)c1ccc(Cl)c(Cl)c1.